The molecule has 1 aliphatic rings. The van der Waals surface area contributed by atoms with E-state index >= 15 is 0 Å². The van der Waals surface area contributed by atoms with Crippen LogP contribution in [0.15, 0.2) is 17.5 Å². The second-order valence-corrected chi connectivity index (χ2v) is 6.81. The first-order valence-corrected chi connectivity index (χ1v) is 8.82. The lowest BCUT2D eigenvalue weighted by atomic mass is 10.3. The van der Waals surface area contributed by atoms with Gasteiger partial charge in [0, 0.05) is 55.6 Å². The maximum atomic E-state index is 4.61. The molecule has 0 amide bonds. The Morgan fingerprint density at radius 3 is 2.95 bits per heavy atom. The minimum Gasteiger partial charge on any atom is -0.346 e. The molecule has 3 heterocycles. The SMILES string of the molecule is CCc1nsc(N2CCCN(Cc3cccs3)CC2)n1. The van der Waals surface area contributed by atoms with E-state index in [1.165, 1.54) is 17.8 Å². The first-order valence-electron chi connectivity index (χ1n) is 7.17. The average molecular weight is 308 g/mol. The molecule has 0 saturated carbocycles. The van der Waals surface area contributed by atoms with Crippen molar-refractivity contribution < 1.29 is 0 Å². The van der Waals surface area contributed by atoms with Crippen molar-refractivity contribution in [1.29, 1.82) is 0 Å². The van der Waals surface area contributed by atoms with Gasteiger partial charge in [-0.15, -0.1) is 11.3 Å². The predicted molar refractivity (Wildman–Crippen MR) is 85.7 cm³/mol. The third kappa shape index (κ3) is 3.37. The maximum absolute atomic E-state index is 4.61. The van der Waals surface area contributed by atoms with Crippen molar-refractivity contribution in [3.8, 4) is 0 Å². The van der Waals surface area contributed by atoms with Crippen LogP contribution in [0.2, 0.25) is 0 Å². The van der Waals surface area contributed by atoms with Gasteiger partial charge < -0.3 is 4.90 Å². The lowest BCUT2D eigenvalue weighted by Gasteiger charge is -2.20. The molecule has 2 aromatic rings. The van der Waals surface area contributed by atoms with Gasteiger partial charge >= 0.3 is 0 Å². The number of aryl methyl sites for hydroxylation is 1. The topological polar surface area (TPSA) is 32.3 Å². The summed E-state index contributed by atoms with van der Waals surface area (Å²) in [5, 5.41) is 3.26. The predicted octanol–water partition coefficient (Wildman–Crippen LogP) is 2.87. The molecule has 1 aliphatic heterocycles. The van der Waals surface area contributed by atoms with Crippen molar-refractivity contribution >= 4 is 28.0 Å². The fraction of sp³-hybridized carbons (Fsp3) is 0.571. The highest BCUT2D eigenvalue weighted by molar-refractivity contribution is 7.10. The number of hydrogen-bond donors (Lipinski definition) is 0. The first kappa shape index (κ1) is 14.0. The third-order valence-electron chi connectivity index (χ3n) is 3.59. The number of nitrogens with zero attached hydrogens (tertiary/aromatic N) is 4. The standard InChI is InChI=1S/C14H20N4S2/c1-2-13-15-14(20-16-13)18-7-4-6-17(8-9-18)11-12-5-3-10-19-12/h3,5,10H,2,4,6-9,11H2,1H3. The largest absolute Gasteiger partial charge is 0.346 e. The van der Waals surface area contributed by atoms with Crippen LogP contribution in [-0.2, 0) is 13.0 Å². The molecule has 6 heteroatoms. The van der Waals surface area contributed by atoms with Crippen molar-refractivity contribution in [3.63, 3.8) is 0 Å². The molecule has 0 N–H and O–H groups in total. The summed E-state index contributed by atoms with van der Waals surface area (Å²) in [6.07, 6.45) is 2.13. The zero-order valence-corrected chi connectivity index (χ0v) is 13.4. The Labute approximate surface area is 128 Å². The van der Waals surface area contributed by atoms with Gasteiger partial charge in [-0.3, -0.25) is 4.90 Å². The average Bonchev–Trinajstić information content (AvgIpc) is 3.08. The molecule has 0 unspecified atom stereocenters. The van der Waals surface area contributed by atoms with E-state index in [0.717, 1.165) is 43.6 Å². The summed E-state index contributed by atoms with van der Waals surface area (Å²) in [6, 6.07) is 4.36. The fourth-order valence-electron chi connectivity index (χ4n) is 2.46. The molecule has 3 rings (SSSR count). The minimum absolute atomic E-state index is 0.925. The Kier molecular flexibility index (Phi) is 4.65. The van der Waals surface area contributed by atoms with Gasteiger partial charge in [0.25, 0.3) is 0 Å². The van der Waals surface area contributed by atoms with Crippen LogP contribution < -0.4 is 4.90 Å². The van der Waals surface area contributed by atoms with Crippen molar-refractivity contribution in [2.24, 2.45) is 0 Å². The normalized spacial score (nSPS) is 17.4. The van der Waals surface area contributed by atoms with E-state index in [2.05, 4.69) is 43.6 Å². The van der Waals surface area contributed by atoms with Gasteiger partial charge in [-0.2, -0.15) is 4.37 Å². The molecule has 1 saturated heterocycles. The second kappa shape index (κ2) is 6.65. The summed E-state index contributed by atoms with van der Waals surface area (Å²) in [4.78, 5) is 11.0. The first-order chi connectivity index (χ1) is 9.85. The smallest absolute Gasteiger partial charge is 0.205 e. The van der Waals surface area contributed by atoms with E-state index in [1.54, 1.807) is 11.5 Å². The second-order valence-electron chi connectivity index (χ2n) is 5.04. The fourth-order valence-corrected chi connectivity index (χ4v) is 4.01. The van der Waals surface area contributed by atoms with Gasteiger partial charge in [0.1, 0.15) is 5.82 Å². The highest BCUT2D eigenvalue weighted by atomic mass is 32.1. The molecule has 20 heavy (non-hydrogen) atoms. The van der Waals surface area contributed by atoms with E-state index in [9.17, 15) is 0 Å². The molecule has 2 aromatic heterocycles. The van der Waals surface area contributed by atoms with Gasteiger partial charge in [0.15, 0.2) is 0 Å². The van der Waals surface area contributed by atoms with Crippen LogP contribution in [0.3, 0.4) is 0 Å². The third-order valence-corrected chi connectivity index (χ3v) is 5.27. The molecule has 108 valence electrons. The van der Waals surface area contributed by atoms with Crippen LogP contribution >= 0.6 is 22.9 Å². The zero-order valence-electron chi connectivity index (χ0n) is 11.8. The van der Waals surface area contributed by atoms with E-state index in [0.29, 0.717) is 0 Å². The minimum atomic E-state index is 0.925. The summed E-state index contributed by atoms with van der Waals surface area (Å²) < 4.78 is 4.40. The summed E-state index contributed by atoms with van der Waals surface area (Å²) in [7, 11) is 0. The van der Waals surface area contributed by atoms with Gasteiger partial charge in [-0.05, 0) is 17.9 Å². The molecule has 0 aromatic carbocycles. The summed E-state index contributed by atoms with van der Waals surface area (Å²) >= 11 is 3.40. The van der Waals surface area contributed by atoms with E-state index in [-0.39, 0.29) is 0 Å². The summed E-state index contributed by atoms with van der Waals surface area (Å²) in [5.41, 5.74) is 0. The number of aromatic nitrogens is 2. The molecular weight excluding hydrogens is 288 g/mol. The Morgan fingerprint density at radius 1 is 1.25 bits per heavy atom. The summed E-state index contributed by atoms with van der Waals surface area (Å²) in [5.74, 6) is 0.977. The number of rotatable bonds is 4. The maximum Gasteiger partial charge on any atom is 0.205 e. The van der Waals surface area contributed by atoms with Crippen molar-refractivity contribution in [2.45, 2.75) is 26.3 Å². The van der Waals surface area contributed by atoms with Crippen LogP contribution in [0.4, 0.5) is 5.13 Å². The number of thiophene rings is 1. The molecule has 0 atom stereocenters. The molecule has 4 nitrogen and oxygen atoms in total. The summed E-state index contributed by atoms with van der Waals surface area (Å²) in [6.45, 7) is 7.63. The quantitative estimate of drug-likeness (QED) is 0.869. The zero-order chi connectivity index (χ0) is 13.8. The van der Waals surface area contributed by atoms with Crippen LogP contribution in [0.1, 0.15) is 24.0 Å². The molecule has 0 aliphatic carbocycles. The van der Waals surface area contributed by atoms with E-state index < -0.39 is 0 Å². The Morgan fingerprint density at radius 2 is 2.20 bits per heavy atom. The van der Waals surface area contributed by atoms with Crippen molar-refractivity contribution in [3.05, 3.63) is 28.2 Å². The lowest BCUT2D eigenvalue weighted by Crippen LogP contribution is -2.30. The monoisotopic (exact) mass is 308 g/mol. The molecule has 0 bridgehead atoms. The molecule has 1 fully saturated rings. The van der Waals surface area contributed by atoms with Crippen LogP contribution in [0, 0.1) is 0 Å². The van der Waals surface area contributed by atoms with E-state index in [1.807, 2.05) is 11.3 Å². The van der Waals surface area contributed by atoms with Gasteiger partial charge in [-0.25, -0.2) is 4.98 Å². The lowest BCUT2D eigenvalue weighted by molar-refractivity contribution is 0.288. The highest BCUT2D eigenvalue weighted by Gasteiger charge is 2.18. The molecule has 0 spiro atoms. The number of hydrogen-bond acceptors (Lipinski definition) is 6. The number of anilines is 1. The Hall–Kier alpha value is -0.980. The van der Waals surface area contributed by atoms with E-state index in [4.69, 9.17) is 0 Å². The van der Waals surface area contributed by atoms with Crippen molar-refractivity contribution in [1.82, 2.24) is 14.3 Å². The van der Waals surface area contributed by atoms with Crippen LogP contribution in [0.5, 0.6) is 0 Å². The van der Waals surface area contributed by atoms with Gasteiger partial charge in [-0.1, -0.05) is 13.0 Å². The Bertz CT molecular complexity index is 523. The van der Waals surface area contributed by atoms with Gasteiger partial charge in [0.2, 0.25) is 5.13 Å². The van der Waals surface area contributed by atoms with Crippen LogP contribution in [0.25, 0.3) is 0 Å². The van der Waals surface area contributed by atoms with Crippen molar-refractivity contribution in [2.75, 3.05) is 31.1 Å². The molecular formula is C14H20N4S2. The molecule has 0 radical (unpaired) electrons. The Balaban J connectivity index is 1.58. The van der Waals surface area contributed by atoms with Crippen LogP contribution in [-0.4, -0.2) is 40.4 Å². The van der Waals surface area contributed by atoms with Gasteiger partial charge in [0.05, 0.1) is 0 Å². The highest BCUT2D eigenvalue weighted by Crippen LogP contribution is 2.20.